The molecule has 2 aliphatic heterocycles. The highest BCUT2D eigenvalue weighted by atomic mass is 16.5. The van der Waals surface area contributed by atoms with E-state index < -0.39 is 5.54 Å². The standard InChI is InChI=1S/C28H25N7O3/c1-2-5-22(36)35-20-11-12-28(35,17-38-16-20)27-33-23(24-25(29)31-14-15-34(24)27)18-7-9-19(10-8-18)26(37)32-21-6-3-4-13-30-21/h3-4,6-10,13-15,20H,11-12,16-17H2,1H3,(H2,29,31)(H,30,32,37). The fourth-order valence-corrected chi connectivity index (χ4v) is 5.48. The Morgan fingerprint density at radius 3 is 2.76 bits per heavy atom. The van der Waals surface area contributed by atoms with Gasteiger partial charge in [-0.2, -0.15) is 0 Å². The minimum Gasteiger partial charge on any atom is -0.382 e. The minimum absolute atomic E-state index is 0.0658. The summed E-state index contributed by atoms with van der Waals surface area (Å²) in [5.41, 5.74) is 8.06. The molecular formula is C28H25N7O3. The molecule has 6 rings (SSSR count). The molecule has 190 valence electrons. The number of anilines is 2. The molecule has 0 radical (unpaired) electrons. The number of nitrogen functional groups attached to an aromatic ring is 1. The highest BCUT2D eigenvalue weighted by Gasteiger charge is 2.55. The maximum absolute atomic E-state index is 13.1. The highest BCUT2D eigenvalue weighted by molar-refractivity contribution is 6.04. The molecule has 0 saturated carbocycles. The third-order valence-corrected chi connectivity index (χ3v) is 7.15. The third-order valence-electron chi connectivity index (χ3n) is 7.15. The van der Waals surface area contributed by atoms with Gasteiger partial charge in [0.1, 0.15) is 34.2 Å². The Kier molecular flexibility index (Phi) is 5.77. The van der Waals surface area contributed by atoms with Crippen molar-refractivity contribution in [3.63, 3.8) is 0 Å². The number of carbonyl (C=O) groups is 2. The summed E-state index contributed by atoms with van der Waals surface area (Å²) in [6, 6.07) is 12.3. The van der Waals surface area contributed by atoms with Crippen LogP contribution in [0.1, 0.15) is 35.9 Å². The van der Waals surface area contributed by atoms with Crippen LogP contribution in [-0.2, 0) is 15.1 Å². The quantitative estimate of drug-likeness (QED) is 0.407. The lowest BCUT2D eigenvalue weighted by atomic mass is 9.95. The van der Waals surface area contributed by atoms with E-state index in [0.29, 0.717) is 53.9 Å². The first-order valence-electron chi connectivity index (χ1n) is 12.3. The van der Waals surface area contributed by atoms with Gasteiger partial charge in [0.25, 0.3) is 11.8 Å². The normalized spacial score (nSPS) is 20.1. The number of rotatable bonds is 4. The summed E-state index contributed by atoms with van der Waals surface area (Å²) in [4.78, 5) is 41.2. The summed E-state index contributed by atoms with van der Waals surface area (Å²) < 4.78 is 7.86. The Morgan fingerprint density at radius 1 is 1.16 bits per heavy atom. The van der Waals surface area contributed by atoms with Gasteiger partial charge in [-0.05, 0) is 50.0 Å². The average molecular weight is 508 g/mol. The van der Waals surface area contributed by atoms with Crippen LogP contribution < -0.4 is 11.1 Å². The van der Waals surface area contributed by atoms with Crippen LogP contribution in [0.3, 0.4) is 0 Å². The van der Waals surface area contributed by atoms with Gasteiger partial charge in [-0.1, -0.05) is 24.1 Å². The maximum atomic E-state index is 13.1. The van der Waals surface area contributed by atoms with Gasteiger partial charge in [-0.15, -0.1) is 0 Å². The number of amides is 2. The Labute approximate surface area is 218 Å². The van der Waals surface area contributed by atoms with Crippen molar-refractivity contribution in [2.24, 2.45) is 0 Å². The molecule has 3 aromatic heterocycles. The number of nitrogens with zero attached hydrogens (tertiary/aromatic N) is 5. The topological polar surface area (TPSA) is 128 Å². The van der Waals surface area contributed by atoms with Gasteiger partial charge >= 0.3 is 0 Å². The number of carbonyl (C=O) groups excluding carboxylic acids is 2. The number of nitrogens with two attached hydrogens (primary N) is 1. The molecule has 3 N–H and O–H groups in total. The van der Waals surface area contributed by atoms with Crippen LogP contribution in [0.25, 0.3) is 16.8 Å². The van der Waals surface area contributed by atoms with E-state index in [1.165, 1.54) is 0 Å². The smallest absolute Gasteiger partial charge is 0.299 e. The lowest BCUT2D eigenvalue weighted by Gasteiger charge is -2.42. The number of pyridine rings is 1. The molecule has 2 amide bonds. The summed E-state index contributed by atoms with van der Waals surface area (Å²) in [5, 5.41) is 2.78. The fraction of sp³-hybridized carbons (Fsp3) is 0.250. The molecule has 2 saturated heterocycles. The molecule has 1 aromatic carbocycles. The number of morpholine rings is 1. The van der Waals surface area contributed by atoms with Crippen LogP contribution >= 0.6 is 0 Å². The zero-order valence-corrected chi connectivity index (χ0v) is 20.7. The van der Waals surface area contributed by atoms with Crippen LogP contribution in [-0.4, -0.2) is 55.3 Å². The van der Waals surface area contributed by atoms with E-state index in [9.17, 15) is 9.59 Å². The van der Waals surface area contributed by atoms with Crippen LogP contribution in [0.4, 0.5) is 11.6 Å². The zero-order valence-electron chi connectivity index (χ0n) is 20.7. The van der Waals surface area contributed by atoms with E-state index in [4.69, 9.17) is 15.5 Å². The summed E-state index contributed by atoms with van der Waals surface area (Å²) in [5.74, 6) is 6.38. The molecule has 10 nitrogen and oxygen atoms in total. The molecule has 5 heterocycles. The molecule has 2 fully saturated rings. The second kappa shape index (κ2) is 9.28. The van der Waals surface area contributed by atoms with Crippen LogP contribution in [0.5, 0.6) is 0 Å². The van der Waals surface area contributed by atoms with E-state index in [1.54, 1.807) is 55.8 Å². The predicted molar refractivity (Wildman–Crippen MR) is 141 cm³/mol. The summed E-state index contributed by atoms with van der Waals surface area (Å²) in [7, 11) is 0. The van der Waals surface area contributed by atoms with Gasteiger partial charge in [0.2, 0.25) is 0 Å². The molecular weight excluding hydrogens is 482 g/mol. The van der Waals surface area contributed by atoms with Crippen LogP contribution in [0.15, 0.2) is 61.1 Å². The first kappa shape index (κ1) is 23.6. The lowest BCUT2D eigenvalue weighted by molar-refractivity contribution is -0.145. The van der Waals surface area contributed by atoms with Crippen molar-refractivity contribution < 1.29 is 14.3 Å². The number of hydrogen-bond acceptors (Lipinski definition) is 7. The van der Waals surface area contributed by atoms with Gasteiger partial charge < -0.3 is 20.7 Å². The summed E-state index contributed by atoms with van der Waals surface area (Å²) in [6.07, 6.45) is 6.53. The Hall–Kier alpha value is -4.75. The van der Waals surface area contributed by atoms with Crippen LogP contribution in [0, 0.1) is 11.8 Å². The van der Waals surface area contributed by atoms with E-state index in [0.717, 1.165) is 12.0 Å². The monoisotopic (exact) mass is 507 g/mol. The number of imidazole rings is 1. The number of hydrogen-bond donors (Lipinski definition) is 2. The molecule has 2 atom stereocenters. The predicted octanol–water partition coefficient (Wildman–Crippen LogP) is 2.87. The number of fused-ring (bicyclic) bond motifs is 3. The van der Waals surface area contributed by atoms with E-state index in [-0.39, 0.29) is 17.9 Å². The minimum atomic E-state index is -0.776. The van der Waals surface area contributed by atoms with Gasteiger partial charge in [0, 0.05) is 29.7 Å². The Bertz CT molecular complexity index is 1600. The van der Waals surface area contributed by atoms with Crippen LogP contribution in [0.2, 0.25) is 0 Å². The van der Waals surface area contributed by atoms with Gasteiger partial charge in [0.15, 0.2) is 0 Å². The van der Waals surface area contributed by atoms with Crippen molar-refractivity contribution in [1.29, 1.82) is 0 Å². The summed E-state index contributed by atoms with van der Waals surface area (Å²) in [6.45, 7) is 2.44. The first-order valence-corrected chi connectivity index (χ1v) is 12.3. The Balaban J connectivity index is 1.42. The van der Waals surface area contributed by atoms with Crippen molar-refractivity contribution in [3.05, 3.63) is 72.4 Å². The van der Waals surface area contributed by atoms with Crippen molar-refractivity contribution in [2.75, 3.05) is 24.3 Å². The largest absolute Gasteiger partial charge is 0.382 e. The molecule has 2 aliphatic rings. The van der Waals surface area contributed by atoms with Gasteiger partial charge in [-0.25, -0.2) is 15.0 Å². The Morgan fingerprint density at radius 2 is 2.00 bits per heavy atom. The SMILES string of the molecule is CC#CC(=O)N1C2CCC1(c1nc(-c3ccc(C(=O)Nc4ccccn4)cc3)c3c(N)nccn13)COC2. The first-order chi connectivity index (χ1) is 18.5. The van der Waals surface area contributed by atoms with E-state index in [2.05, 4.69) is 27.1 Å². The summed E-state index contributed by atoms with van der Waals surface area (Å²) >= 11 is 0. The number of nitrogens with one attached hydrogen (secondary N) is 1. The second-order valence-corrected chi connectivity index (χ2v) is 9.35. The van der Waals surface area contributed by atoms with Crippen molar-refractivity contribution in [1.82, 2.24) is 24.3 Å². The zero-order chi connectivity index (χ0) is 26.3. The van der Waals surface area contributed by atoms with Crippen molar-refractivity contribution in [2.45, 2.75) is 31.3 Å². The third kappa shape index (κ3) is 3.76. The van der Waals surface area contributed by atoms with E-state index >= 15 is 0 Å². The molecule has 10 heteroatoms. The number of aromatic nitrogens is 4. The molecule has 0 aliphatic carbocycles. The molecule has 38 heavy (non-hydrogen) atoms. The van der Waals surface area contributed by atoms with Crippen molar-refractivity contribution in [3.8, 4) is 23.1 Å². The van der Waals surface area contributed by atoms with Gasteiger partial charge in [0.05, 0.1) is 19.3 Å². The number of benzene rings is 1. The molecule has 2 bridgehead atoms. The van der Waals surface area contributed by atoms with Crippen molar-refractivity contribution >= 4 is 29.0 Å². The maximum Gasteiger partial charge on any atom is 0.299 e. The lowest BCUT2D eigenvalue weighted by Crippen LogP contribution is -2.56. The van der Waals surface area contributed by atoms with E-state index in [1.807, 2.05) is 21.4 Å². The second-order valence-electron chi connectivity index (χ2n) is 9.35. The molecule has 4 aromatic rings. The number of ether oxygens (including phenoxy) is 1. The average Bonchev–Trinajstić information content (AvgIpc) is 3.44. The molecule has 2 unspecified atom stereocenters. The fourth-order valence-electron chi connectivity index (χ4n) is 5.48. The molecule has 0 spiro atoms. The highest BCUT2D eigenvalue weighted by Crippen LogP contribution is 2.46. The van der Waals surface area contributed by atoms with Gasteiger partial charge in [-0.3, -0.25) is 14.0 Å².